The molecule has 0 radical (unpaired) electrons. The minimum atomic E-state index is 0.936. The van der Waals surface area contributed by atoms with Gasteiger partial charge in [0.15, 0.2) is 5.13 Å². The zero-order chi connectivity index (χ0) is 10.2. The average molecular weight is 214 g/mol. The molecule has 78 valence electrons. The number of nitrogens with one attached hydrogen (secondary N) is 1. The molecule has 0 aromatic carbocycles. The van der Waals surface area contributed by atoms with E-state index >= 15 is 0 Å². The van der Waals surface area contributed by atoms with E-state index in [1.54, 1.807) is 30.1 Å². The molecule has 3 N–H and O–H groups in total. The Balaban J connectivity index is 2.25. The zero-order valence-corrected chi connectivity index (χ0v) is 9.14. The standard InChI is InChI=1S/C9H15N3OS/c1-3-4-5-6-10-9-11-7-8(14-9)12-13-2/h3,7,12H,1,4-6H2,2H3,(H,10,11)/p+1. The lowest BCUT2D eigenvalue weighted by atomic mass is 10.3. The second kappa shape index (κ2) is 6.53. The first-order valence-electron chi connectivity index (χ1n) is 4.53. The van der Waals surface area contributed by atoms with Crippen molar-refractivity contribution >= 4 is 21.5 Å². The Morgan fingerprint density at radius 3 is 3.36 bits per heavy atom. The fraction of sp³-hybridized carbons (Fsp3) is 0.444. The van der Waals surface area contributed by atoms with Crippen molar-refractivity contribution in [2.75, 3.05) is 19.0 Å². The van der Waals surface area contributed by atoms with Crippen molar-refractivity contribution in [3.8, 4) is 0 Å². The van der Waals surface area contributed by atoms with Crippen LogP contribution in [0.5, 0.6) is 0 Å². The normalized spacial score (nSPS) is 10.1. The summed E-state index contributed by atoms with van der Waals surface area (Å²) in [6, 6.07) is 0. The summed E-state index contributed by atoms with van der Waals surface area (Å²) in [5.41, 5.74) is 1.69. The smallest absolute Gasteiger partial charge is 0.239 e. The van der Waals surface area contributed by atoms with Crippen molar-refractivity contribution in [1.29, 1.82) is 0 Å². The molecule has 0 aliphatic rings. The molecule has 1 heterocycles. The third-order valence-corrected chi connectivity index (χ3v) is 2.50. The lowest BCUT2D eigenvalue weighted by molar-refractivity contribution is -0.827. The molecular weight excluding hydrogens is 198 g/mol. The number of unbranched alkanes of at least 4 members (excludes halogenated alkanes) is 1. The second-order valence-electron chi connectivity index (χ2n) is 2.78. The summed E-state index contributed by atoms with van der Waals surface area (Å²) in [6.45, 7) is 4.61. The first-order valence-corrected chi connectivity index (χ1v) is 5.35. The van der Waals surface area contributed by atoms with Gasteiger partial charge in [0.1, 0.15) is 6.20 Å². The van der Waals surface area contributed by atoms with Gasteiger partial charge in [-0.1, -0.05) is 6.08 Å². The largest absolute Gasteiger partial charge is 0.361 e. The second-order valence-corrected chi connectivity index (χ2v) is 3.84. The van der Waals surface area contributed by atoms with Crippen LogP contribution in [0, 0.1) is 0 Å². The molecule has 0 saturated heterocycles. The quantitative estimate of drug-likeness (QED) is 0.408. The molecule has 0 aliphatic heterocycles. The van der Waals surface area contributed by atoms with Crippen LogP contribution in [-0.4, -0.2) is 18.6 Å². The van der Waals surface area contributed by atoms with Crippen molar-refractivity contribution in [2.24, 2.45) is 0 Å². The molecule has 0 fully saturated rings. The van der Waals surface area contributed by atoms with Crippen LogP contribution in [0.3, 0.4) is 0 Å². The molecule has 5 heteroatoms. The van der Waals surface area contributed by atoms with E-state index < -0.39 is 0 Å². The predicted octanol–water partition coefficient (Wildman–Crippen LogP) is 1.28. The Morgan fingerprint density at radius 2 is 2.64 bits per heavy atom. The predicted molar refractivity (Wildman–Crippen MR) is 58.6 cm³/mol. The van der Waals surface area contributed by atoms with E-state index in [1.807, 2.05) is 6.08 Å². The molecule has 1 aromatic heterocycles. The topological polar surface area (TPSA) is 50.8 Å². The van der Waals surface area contributed by atoms with Gasteiger partial charge in [0.05, 0.1) is 7.11 Å². The maximum atomic E-state index is 4.89. The third kappa shape index (κ3) is 3.87. The number of quaternary nitrogens is 1. The lowest BCUT2D eigenvalue weighted by Crippen LogP contribution is -2.75. The minimum Gasteiger partial charge on any atom is -0.361 e. The minimum absolute atomic E-state index is 0.936. The molecule has 0 bridgehead atoms. The number of hydrogen-bond acceptors (Lipinski definition) is 4. The van der Waals surface area contributed by atoms with E-state index in [0.29, 0.717) is 0 Å². The van der Waals surface area contributed by atoms with E-state index in [2.05, 4.69) is 16.9 Å². The van der Waals surface area contributed by atoms with Gasteiger partial charge in [-0.3, -0.25) is 0 Å². The molecule has 0 atom stereocenters. The number of hydrogen-bond donors (Lipinski definition) is 2. The number of allylic oxidation sites excluding steroid dienone is 1. The first kappa shape index (κ1) is 11.2. The van der Waals surface area contributed by atoms with Crippen molar-refractivity contribution in [3.63, 3.8) is 0 Å². The molecule has 0 amide bonds. The SMILES string of the molecule is C=CCCCNc1ncc([NH2+]OC)s1. The molecule has 14 heavy (non-hydrogen) atoms. The summed E-state index contributed by atoms with van der Waals surface area (Å²) >= 11 is 1.59. The number of nitrogens with zero attached hydrogens (tertiary/aromatic N) is 1. The highest BCUT2D eigenvalue weighted by Crippen LogP contribution is 2.18. The summed E-state index contributed by atoms with van der Waals surface area (Å²) in [5.74, 6) is 0. The Morgan fingerprint density at radius 1 is 1.79 bits per heavy atom. The Kier molecular flexibility index (Phi) is 5.21. The summed E-state index contributed by atoms with van der Waals surface area (Å²) < 4.78 is 0. The fourth-order valence-electron chi connectivity index (χ4n) is 0.981. The van der Waals surface area contributed by atoms with Crippen molar-refractivity contribution < 1.29 is 10.3 Å². The molecule has 0 spiro atoms. The van der Waals surface area contributed by atoms with Gasteiger partial charge >= 0.3 is 0 Å². The Hall–Kier alpha value is -0.910. The molecular formula is C9H16N3OS+. The summed E-state index contributed by atoms with van der Waals surface area (Å²) in [7, 11) is 1.64. The molecule has 4 nitrogen and oxygen atoms in total. The van der Waals surface area contributed by atoms with Gasteiger partial charge in [-0.2, -0.15) is 5.48 Å². The maximum absolute atomic E-state index is 4.89. The Bertz CT molecular complexity index is 275. The van der Waals surface area contributed by atoms with E-state index in [9.17, 15) is 0 Å². The van der Waals surface area contributed by atoms with Crippen LogP contribution in [0.2, 0.25) is 0 Å². The number of anilines is 1. The van der Waals surface area contributed by atoms with Crippen LogP contribution in [0.25, 0.3) is 0 Å². The van der Waals surface area contributed by atoms with Crippen LogP contribution in [-0.2, 0) is 4.84 Å². The highest BCUT2D eigenvalue weighted by atomic mass is 32.1. The van der Waals surface area contributed by atoms with Gasteiger partial charge < -0.3 is 5.32 Å². The summed E-state index contributed by atoms with van der Waals surface area (Å²) in [4.78, 5) is 9.09. The third-order valence-electron chi connectivity index (χ3n) is 1.62. The van der Waals surface area contributed by atoms with Crippen molar-refractivity contribution in [3.05, 3.63) is 18.9 Å². The zero-order valence-electron chi connectivity index (χ0n) is 8.32. The summed E-state index contributed by atoms with van der Waals surface area (Å²) in [5, 5.41) is 5.21. The highest BCUT2D eigenvalue weighted by molar-refractivity contribution is 7.18. The van der Waals surface area contributed by atoms with Crippen LogP contribution in [0.4, 0.5) is 10.1 Å². The lowest BCUT2D eigenvalue weighted by Gasteiger charge is -1.98. The average Bonchev–Trinajstić information content (AvgIpc) is 2.61. The number of nitrogens with two attached hydrogens (primary N) is 1. The molecule has 0 unspecified atom stereocenters. The van der Waals surface area contributed by atoms with Crippen LogP contribution in [0.1, 0.15) is 12.8 Å². The number of aromatic nitrogens is 1. The van der Waals surface area contributed by atoms with Gasteiger partial charge in [-0.25, -0.2) is 9.82 Å². The van der Waals surface area contributed by atoms with Crippen molar-refractivity contribution in [1.82, 2.24) is 4.98 Å². The van der Waals surface area contributed by atoms with Crippen LogP contribution < -0.4 is 10.8 Å². The van der Waals surface area contributed by atoms with E-state index in [0.717, 1.165) is 29.5 Å². The van der Waals surface area contributed by atoms with E-state index in [1.165, 1.54) is 0 Å². The number of rotatable bonds is 7. The Labute approximate surface area is 88.0 Å². The van der Waals surface area contributed by atoms with Crippen LogP contribution in [0.15, 0.2) is 18.9 Å². The maximum Gasteiger partial charge on any atom is 0.239 e. The van der Waals surface area contributed by atoms with Gasteiger partial charge in [-0.15, -0.1) is 6.58 Å². The van der Waals surface area contributed by atoms with Gasteiger partial charge in [-0.05, 0) is 24.2 Å². The summed E-state index contributed by atoms with van der Waals surface area (Å²) in [6.07, 6.45) is 5.85. The molecule has 1 aromatic rings. The van der Waals surface area contributed by atoms with Gasteiger partial charge in [0.25, 0.3) is 0 Å². The van der Waals surface area contributed by atoms with Crippen LogP contribution >= 0.6 is 11.3 Å². The first-order chi connectivity index (χ1) is 6.86. The van der Waals surface area contributed by atoms with E-state index in [-0.39, 0.29) is 0 Å². The number of thiazole rings is 1. The monoisotopic (exact) mass is 214 g/mol. The van der Waals surface area contributed by atoms with Gasteiger partial charge in [0, 0.05) is 6.54 Å². The molecule has 0 aliphatic carbocycles. The highest BCUT2D eigenvalue weighted by Gasteiger charge is 2.03. The van der Waals surface area contributed by atoms with Crippen molar-refractivity contribution in [2.45, 2.75) is 12.8 Å². The fourth-order valence-corrected chi connectivity index (χ4v) is 1.73. The molecule has 1 rings (SSSR count). The molecule has 0 saturated carbocycles. The van der Waals surface area contributed by atoms with Gasteiger partial charge in [0.2, 0.25) is 5.00 Å². The van der Waals surface area contributed by atoms with E-state index in [4.69, 9.17) is 4.84 Å².